The van der Waals surface area contributed by atoms with Crippen LogP contribution in [0.1, 0.15) is 41.5 Å². The molecule has 0 amide bonds. The molecule has 0 atom stereocenters. The summed E-state index contributed by atoms with van der Waals surface area (Å²) in [6, 6.07) is 0. The highest BCUT2D eigenvalue weighted by Gasteiger charge is 2.32. The first-order valence-corrected chi connectivity index (χ1v) is 10.3. The van der Waals surface area contributed by atoms with Gasteiger partial charge in [0.05, 0.1) is 9.49 Å². The topological polar surface area (TPSA) is 40.6 Å². The molecular formula is C16H26N2O2S4. The highest BCUT2D eigenvalue weighted by atomic mass is 32.2. The normalized spacial score (nSPS) is 16.1. The Morgan fingerprint density at radius 2 is 1.00 bits per heavy atom. The molecule has 1 fully saturated rings. The van der Waals surface area contributed by atoms with Crippen LogP contribution < -0.4 is 0 Å². The summed E-state index contributed by atoms with van der Waals surface area (Å²) in [6.45, 7) is 13.9. The highest BCUT2D eigenvalue weighted by molar-refractivity contribution is 8.24. The van der Waals surface area contributed by atoms with Crippen LogP contribution in [-0.2, 0) is 9.59 Å². The molecule has 1 heterocycles. The Labute approximate surface area is 164 Å². The van der Waals surface area contributed by atoms with Gasteiger partial charge in [0.1, 0.15) is 20.2 Å². The standard InChI is InChI=1S/C16H26N2O2S4/c1-11(19)15(3,4)23-13(21)17-7-9-18(10-8-17)14(22)24-16(5,6)12(2)20/h7-10H2,1-6H3. The van der Waals surface area contributed by atoms with Gasteiger partial charge < -0.3 is 9.80 Å². The quantitative estimate of drug-likeness (QED) is 0.658. The van der Waals surface area contributed by atoms with E-state index < -0.39 is 9.49 Å². The maximum Gasteiger partial charge on any atom is 0.145 e. The molecule has 0 aromatic rings. The van der Waals surface area contributed by atoms with Crippen LogP contribution in [0, 0.1) is 0 Å². The van der Waals surface area contributed by atoms with E-state index in [1.54, 1.807) is 13.8 Å². The zero-order chi connectivity index (χ0) is 18.7. The Bertz CT molecular complexity index is 490. The zero-order valence-electron chi connectivity index (χ0n) is 15.2. The first-order chi connectivity index (χ1) is 10.9. The molecule has 1 rings (SSSR count). The third-order valence-corrected chi connectivity index (χ3v) is 7.65. The molecule has 1 saturated heterocycles. The number of rotatable bonds is 4. The van der Waals surface area contributed by atoms with E-state index in [0.29, 0.717) is 0 Å². The van der Waals surface area contributed by atoms with E-state index in [-0.39, 0.29) is 11.6 Å². The summed E-state index contributed by atoms with van der Waals surface area (Å²) in [5.41, 5.74) is 0. The molecule has 0 N–H and O–H groups in total. The smallest absolute Gasteiger partial charge is 0.145 e. The second kappa shape index (κ2) is 8.47. The van der Waals surface area contributed by atoms with Crippen LogP contribution in [0.15, 0.2) is 0 Å². The predicted octanol–water partition coefficient (Wildman–Crippen LogP) is 3.38. The van der Waals surface area contributed by atoms with Crippen molar-refractivity contribution in [1.82, 2.24) is 9.80 Å². The first kappa shape index (κ1) is 21.9. The van der Waals surface area contributed by atoms with Crippen LogP contribution in [0.5, 0.6) is 0 Å². The summed E-state index contributed by atoms with van der Waals surface area (Å²) >= 11 is 13.9. The number of hydrogen-bond donors (Lipinski definition) is 0. The Balaban J connectivity index is 2.55. The number of thioether (sulfide) groups is 2. The van der Waals surface area contributed by atoms with E-state index >= 15 is 0 Å². The summed E-state index contributed by atoms with van der Waals surface area (Å²) < 4.78 is 0.533. The van der Waals surface area contributed by atoms with Crippen molar-refractivity contribution >= 4 is 68.2 Å². The summed E-state index contributed by atoms with van der Waals surface area (Å²) in [4.78, 5) is 27.6. The Kier molecular flexibility index (Phi) is 7.71. The van der Waals surface area contributed by atoms with Crippen molar-refractivity contribution in [2.75, 3.05) is 26.2 Å². The molecule has 24 heavy (non-hydrogen) atoms. The third-order valence-electron chi connectivity index (χ3n) is 4.18. The Hall–Kier alpha value is -0.180. The number of nitrogens with zero attached hydrogens (tertiary/aromatic N) is 2. The van der Waals surface area contributed by atoms with Crippen molar-refractivity contribution in [2.45, 2.75) is 51.0 Å². The molecule has 136 valence electrons. The first-order valence-electron chi connectivity index (χ1n) is 7.85. The summed E-state index contributed by atoms with van der Waals surface area (Å²) in [5, 5.41) is 0. The Morgan fingerprint density at radius 3 is 1.21 bits per heavy atom. The maximum absolute atomic E-state index is 11.7. The molecule has 0 aromatic heterocycles. The van der Waals surface area contributed by atoms with Crippen LogP contribution >= 0.6 is 48.0 Å². The monoisotopic (exact) mass is 406 g/mol. The van der Waals surface area contributed by atoms with Gasteiger partial charge in [-0.2, -0.15) is 0 Å². The lowest BCUT2D eigenvalue weighted by atomic mass is 10.1. The fourth-order valence-electron chi connectivity index (χ4n) is 1.78. The summed E-state index contributed by atoms with van der Waals surface area (Å²) in [6.07, 6.45) is 0. The lowest BCUT2D eigenvalue weighted by molar-refractivity contribution is -0.119. The van der Waals surface area contributed by atoms with E-state index in [9.17, 15) is 9.59 Å². The minimum atomic E-state index is -0.495. The largest absolute Gasteiger partial charge is 0.354 e. The van der Waals surface area contributed by atoms with Gasteiger partial charge in [-0.3, -0.25) is 9.59 Å². The highest BCUT2D eigenvalue weighted by Crippen LogP contribution is 2.31. The summed E-state index contributed by atoms with van der Waals surface area (Å²) in [7, 11) is 0. The third kappa shape index (κ3) is 5.97. The van der Waals surface area contributed by atoms with Crippen molar-refractivity contribution in [3.05, 3.63) is 0 Å². The minimum absolute atomic E-state index is 0.123. The molecule has 4 nitrogen and oxygen atoms in total. The van der Waals surface area contributed by atoms with Gasteiger partial charge in [-0.1, -0.05) is 48.0 Å². The second-order valence-electron chi connectivity index (χ2n) is 6.84. The predicted molar refractivity (Wildman–Crippen MR) is 113 cm³/mol. The number of thiocarbonyl (C=S) groups is 2. The number of piperazine rings is 1. The molecule has 0 saturated carbocycles. The van der Waals surface area contributed by atoms with E-state index in [1.807, 2.05) is 27.7 Å². The van der Waals surface area contributed by atoms with Gasteiger partial charge in [-0.15, -0.1) is 0 Å². The zero-order valence-corrected chi connectivity index (χ0v) is 18.4. The van der Waals surface area contributed by atoms with Gasteiger partial charge in [0.2, 0.25) is 0 Å². The van der Waals surface area contributed by atoms with Gasteiger partial charge in [0.25, 0.3) is 0 Å². The van der Waals surface area contributed by atoms with Crippen LogP contribution in [0.2, 0.25) is 0 Å². The van der Waals surface area contributed by atoms with Gasteiger partial charge in [0.15, 0.2) is 0 Å². The van der Waals surface area contributed by atoms with Crippen molar-refractivity contribution in [2.24, 2.45) is 0 Å². The van der Waals surface area contributed by atoms with Crippen LogP contribution in [-0.4, -0.2) is 65.7 Å². The summed E-state index contributed by atoms with van der Waals surface area (Å²) in [5.74, 6) is 0.245. The van der Waals surface area contributed by atoms with Crippen LogP contribution in [0.25, 0.3) is 0 Å². The Morgan fingerprint density at radius 1 is 0.750 bits per heavy atom. The fraction of sp³-hybridized carbons (Fsp3) is 0.750. The fourth-order valence-corrected chi connectivity index (χ4v) is 5.18. The molecule has 0 bridgehead atoms. The molecule has 0 unspecified atom stereocenters. The lowest BCUT2D eigenvalue weighted by Crippen LogP contribution is -2.50. The van der Waals surface area contributed by atoms with Crippen LogP contribution in [0.3, 0.4) is 0 Å². The van der Waals surface area contributed by atoms with E-state index in [0.717, 1.165) is 34.8 Å². The minimum Gasteiger partial charge on any atom is -0.354 e. The van der Waals surface area contributed by atoms with Crippen molar-refractivity contribution in [1.29, 1.82) is 0 Å². The lowest BCUT2D eigenvalue weighted by Gasteiger charge is -2.39. The average molecular weight is 407 g/mol. The number of carbonyl (C=O) groups excluding carboxylic acids is 2. The maximum atomic E-state index is 11.7. The number of carbonyl (C=O) groups is 2. The SMILES string of the molecule is CC(=O)C(C)(C)SC(=S)N1CCN(C(=S)SC(C)(C)C(C)=O)CC1. The molecule has 0 radical (unpaired) electrons. The van der Waals surface area contributed by atoms with Crippen molar-refractivity contribution in [3.8, 4) is 0 Å². The molecule has 0 aliphatic carbocycles. The number of ketones is 2. The second-order valence-corrected chi connectivity index (χ2v) is 11.4. The number of hydrogen-bond acceptors (Lipinski definition) is 6. The van der Waals surface area contributed by atoms with Gasteiger partial charge in [0, 0.05) is 26.2 Å². The van der Waals surface area contributed by atoms with Gasteiger partial charge >= 0.3 is 0 Å². The molecule has 1 aliphatic rings. The van der Waals surface area contributed by atoms with Crippen molar-refractivity contribution < 1.29 is 9.59 Å². The van der Waals surface area contributed by atoms with Crippen LogP contribution in [0.4, 0.5) is 0 Å². The average Bonchev–Trinajstić information content (AvgIpc) is 2.46. The van der Waals surface area contributed by atoms with Gasteiger partial charge in [-0.25, -0.2) is 0 Å². The van der Waals surface area contributed by atoms with Gasteiger partial charge in [-0.05, 0) is 41.5 Å². The number of Topliss-reactive ketones (excluding diaryl/α,β-unsaturated/α-hetero) is 2. The van der Waals surface area contributed by atoms with E-state index in [4.69, 9.17) is 24.4 Å². The molecule has 8 heteroatoms. The molecule has 0 aromatic carbocycles. The molecule has 0 spiro atoms. The van der Waals surface area contributed by atoms with Crippen molar-refractivity contribution in [3.63, 3.8) is 0 Å². The van der Waals surface area contributed by atoms with E-state index in [1.165, 1.54) is 23.5 Å². The molecular weight excluding hydrogens is 380 g/mol. The van der Waals surface area contributed by atoms with E-state index in [2.05, 4.69) is 9.80 Å². The molecule has 1 aliphatic heterocycles.